The third kappa shape index (κ3) is 4.96. The molecule has 0 saturated heterocycles. The lowest BCUT2D eigenvalue weighted by molar-refractivity contribution is -0.136. The Morgan fingerprint density at radius 3 is 2.36 bits per heavy atom. The van der Waals surface area contributed by atoms with Gasteiger partial charge in [0.1, 0.15) is 5.75 Å². The predicted molar refractivity (Wildman–Crippen MR) is 94.3 cm³/mol. The molecule has 2 aromatic carbocycles. The quantitative estimate of drug-likeness (QED) is 0.537. The minimum absolute atomic E-state index is 0.187. The number of methoxy groups -OCH3 is 2. The molecular formula is C18H17BrO6. The Bertz CT molecular complexity index is 787. The molecule has 6 nitrogen and oxygen atoms in total. The first kappa shape index (κ1) is 18.8. The number of esters is 2. The molecule has 0 fully saturated rings. The summed E-state index contributed by atoms with van der Waals surface area (Å²) in [4.78, 5) is 23.5. The van der Waals surface area contributed by atoms with Gasteiger partial charge in [-0.15, -0.1) is 0 Å². The zero-order chi connectivity index (χ0) is 18.4. The molecule has 0 aliphatic carbocycles. The second-order valence-corrected chi connectivity index (χ2v) is 5.91. The van der Waals surface area contributed by atoms with Gasteiger partial charge >= 0.3 is 11.9 Å². The van der Waals surface area contributed by atoms with Gasteiger partial charge in [0.15, 0.2) is 18.1 Å². The van der Waals surface area contributed by atoms with E-state index in [1.807, 2.05) is 19.1 Å². The van der Waals surface area contributed by atoms with Crippen LogP contribution in [-0.2, 0) is 9.53 Å². The van der Waals surface area contributed by atoms with Crippen LogP contribution in [0.25, 0.3) is 0 Å². The van der Waals surface area contributed by atoms with E-state index < -0.39 is 11.9 Å². The molecule has 0 atom stereocenters. The molecule has 0 N–H and O–H groups in total. The van der Waals surface area contributed by atoms with Crippen molar-refractivity contribution in [2.75, 3.05) is 20.8 Å². The summed E-state index contributed by atoms with van der Waals surface area (Å²) >= 11 is 3.37. The molecule has 0 aliphatic rings. The van der Waals surface area contributed by atoms with Crippen LogP contribution < -0.4 is 14.2 Å². The standard InChI is InChI=1S/C18H17BrO6/c1-11-4-6-14(13(19)8-11)24-10-17(20)25-15-7-5-12(18(21)23-3)9-16(15)22-2/h4-9H,10H2,1-3H3. The highest BCUT2D eigenvalue weighted by atomic mass is 79.9. The maximum atomic E-state index is 12.0. The van der Waals surface area contributed by atoms with E-state index in [1.165, 1.54) is 32.4 Å². The first-order valence-electron chi connectivity index (χ1n) is 7.30. The minimum Gasteiger partial charge on any atom is -0.493 e. The van der Waals surface area contributed by atoms with E-state index in [4.69, 9.17) is 14.2 Å². The molecule has 25 heavy (non-hydrogen) atoms. The molecule has 0 unspecified atom stereocenters. The molecule has 7 heteroatoms. The topological polar surface area (TPSA) is 71.1 Å². The highest BCUT2D eigenvalue weighted by Gasteiger charge is 2.15. The van der Waals surface area contributed by atoms with E-state index in [-0.39, 0.29) is 18.1 Å². The summed E-state index contributed by atoms with van der Waals surface area (Å²) in [5, 5.41) is 0. The summed E-state index contributed by atoms with van der Waals surface area (Å²) in [5.74, 6) is -0.143. The van der Waals surface area contributed by atoms with Crippen LogP contribution in [0.2, 0.25) is 0 Å². The molecule has 2 rings (SSSR count). The molecule has 132 valence electrons. The van der Waals surface area contributed by atoms with Crippen LogP contribution in [-0.4, -0.2) is 32.8 Å². The van der Waals surface area contributed by atoms with Crippen molar-refractivity contribution in [2.45, 2.75) is 6.92 Å². The summed E-state index contributed by atoms with van der Waals surface area (Å²) in [7, 11) is 2.69. The molecule has 0 amide bonds. The normalized spacial score (nSPS) is 10.1. The predicted octanol–water partition coefficient (Wildman–Crippen LogP) is 3.54. The fourth-order valence-electron chi connectivity index (χ4n) is 2.01. The fraction of sp³-hybridized carbons (Fsp3) is 0.222. The maximum absolute atomic E-state index is 12.0. The highest BCUT2D eigenvalue weighted by molar-refractivity contribution is 9.10. The Hall–Kier alpha value is -2.54. The number of hydrogen-bond donors (Lipinski definition) is 0. The third-order valence-corrected chi connectivity index (χ3v) is 3.86. The lowest BCUT2D eigenvalue weighted by atomic mass is 10.2. The Balaban J connectivity index is 2.03. The van der Waals surface area contributed by atoms with Crippen LogP contribution in [0.3, 0.4) is 0 Å². The van der Waals surface area contributed by atoms with E-state index >= 15 is 0 Å². The summed E-state index contributed by atoms with van der Waals surface area (Å²) in [6, 6.07) is 9.90. The van der Waals surface area contributed by atoms with Crippen molar-refractivity contribution in [3.63, 3.8) is 0 Å². The van der Waals surface area contributed by atoms with Gasteiger partial charge in [0, 0.05) is 0 Å². The van der Waals surface area contributed by atoms with E-state index in [0.717, 1.165) is 10.0 Å². The second-order valence-electron chi connectivity index (χ2n) is 5.05. The van der Waals surface area contributed by atoms with Crippen molar-refractivity contribution in [1.82, 2.24) is 0 Å². The number of carbonyl (C=O) groups excluding carboxylic acids is 2. The van der Waals surface area contributed by atoms with Gasteiger partial charge in [-0.25, -0.2) is 9.59 Å². The van der Waals surface area contributed by atoms with Gasteiger partial charge in [-0.2, -0.15) is 0 Å². The Labute approximate surface area is 153 Å². The smallest absolute Gasteiger partial charge is 0.349 e. The third-order valence-electron chi connectivity index (χ3n) is 3.24. The Morgan fingerprint density at radius 2 is 1.72 bits per heavy atom. The largest absolute Gasteiger partial charge is 0.493 e. The van der Waals surface area contributed by atoms with Crippen molar-refractivity contribution >= 4 is 27.9 Å². The Morgan fingerprint density at radius 1 is 1.00 bits per heavy atom. The number of ether oxygens (including phenoxy) is 4. The monoisotopic (exact) mass is 408 g/mol. The summed E-state index contributed by atoms with van der Waals surface area (Å²) in [5.41, 5.74) is 1.36. The van der Waals surface area contributed by atoms with Crippen molar-refractivity contribution in [1.29, 1.82) is 0 Å². The van der Waals surface area contributed by atoms with E-state index in [1.54, 1.807) is 6.07 Å². The average molecular weight is 409 g/mol. The van der Waals surface area contributed by atoms with Crippen molar-refractivity contribution < 1.29 is 28.5 Å². The van der Waals surface area contributed by atoms with Crippen LogP contribution >= 0.6 is 15.9 Å². The van der Waals surface area contributed by atoms with Gasteiger partial charge < -0.3 is 18.9 Å². The lowest BCUT2D eigenvalue weighted by Crippen LogP contribution is -2.18. The number of carbonyl (C=O) groups is 2. The van der Waals surface area contributed by atoms with Gasteiger partial charge in [-0.3, -0.25) is 0 Å². The second kappa shape index (κ2) is 8.53. The molecule has 0 bridgehead atoms. The van der Waals surface area contributed by atoms with Crippen LogP contribution in [0.4, 0.5) is 0 Å². The number of aryl methyl sites for hydroxylation is 1. The molecule has 0 aliphatic heterocycles. The molecule has 0 spiro atoms. The van der Waals surface area contributed by atoms with Gasteiger partial charge in [-0.05, 0) is 58.7 Å². The van der Waals surface area contributed by atoms with Crippen LogP contribution in [0.15, 0.2) is 40.9 Å². The zero-order valence-corrected chi connectivity index (χ0v) is 15.6. The van der Waals surface area contributed by atoms with Crippen LogP contribution in [0, 0.1) is 6.92 Å². The van der Waals surface area contributed by atoms with Gasteiger partial charge in [0.05, 0.1) is 24.3 Å². The Kier molecular flexibility index (Phi) is 6.41. The van der Waals surface area contributed by atoms with Crippen molar-refractivity contribution in [3.8, 4) is 17.2 Å². The highest BCUT2D eigenvalue weighted by Crippen LogP contribution is 2.29. The van der Waals surface area contributed by atoms with E-state index in [2.05, 4.69) is 20.7 Å². The summed E-state index contributed by atoms with van der Waals surface area (Å²) < 4.78 is 21.2. The molecule has 2 aromatic rings. The number of halogens is 1. The molecular weight excluding hydrogens is 392 g/mol. The van der Waals surface area contributed by atoms with E-state index in [0.29, 0.717) is 11.3 Å². The summed E-state index contributed by atoms with van der Waals surface area (Å²) in [6.07, 6.45) is 0. The molecule has 0 radical (unpaired) electrons. The number of rotatable bonds is 6. The minimum atomic E-state index is -0.600. The SMILES string of the molecule is COC(=O)c1ccc(OC(=O)COc2ccc(C)cc2Br)c(OC)c1. The lowest BCUT2D eigenvalue weighted by Gasteiger charge is -2.11. The van der Waals surface area contributed by atoms with Crippen molar-refractivity contribution in [3.05, 3.63) is 52.0 Å². The first-order valence-corrected chi connectivity index (χ1v) is 8.10. The van der Waals surface area contributed by atoms with Gasteiger partial charge in [0.2, 0.25) is 0 Å². The van der Waals surface area contributed by atoms with Crippen molar-refractivity contribution in [2.24, 2.45) is 0 Å². The van der Waals surface area contributed by atoms with Gasteiger partial charge in [0.25, 0.3) is 0 Å². The number of hydrogen-bond acceptors (Lipinski definition) is 6. The zero-order valence-electron chi connectivity index (χ0n) is 14.0. The average Bonchev–Trinajstić information content (AvgIpc) is 2.60. The molecule has 0 aromatic heterocycles. The molecule has 0 heterocycles. The summed E-state index contributed by atoms with van der Waals surface area (Å²) in [6.45, 7) is 1.68. The fourth-order valence-corrected chi connectivity index (χ4v) is 2.62. The van der Waals surface area contributed by atoms with Gasteiger partial charge in [-0.1, -0.05) is 6.07 Å². The maximum Gasteiger partial charge on any atom is 0.349 e. The van der Waals surface area contributed by atoms with E-state index in [9.17, 15) is 9.59 Å². The van der Waals surface area contributed by atoms with Crippen LogP contribution in [0.1, 0.15) is 15.9 Å². The first-order chi connectivity index (χ1) is 11.9. The number of benzene rings is 2. The molecule has 0 saturated carbocycles. The van der Waals surface area contributed by atoms with Crippen LogP contribution in [0.5, 0.6) is 17.2 Å².